The summed E-state index contributed by atoms with van der Waals surface area (Å²) in [4.78, 5) is 15.9. The number of benzene rings is 2. The molecule has 2 saturated carbocycles. The normalized spacial score (nSPS) is 30.9. The zero-order valence-corrected chi connectivity index (χ0v) is 28.0. The number of anilines is 1. The van der Waals surface area contributed by atoms with E-state index in [1.165, 1.54) is 11.1 Å². The Hall–Kier alpha value is -2.55. The Labute approximate surface area is 273 Å². The van der Waals surface area contributed by atoms with Crippen LogP contribution in [0.4, 0.5) is 5.69 Å². The van der Waals surface area contributed by atoms with Gasteiger partial charge >= 0.3 is 0 Å². The highest BCUT2D eigenvalue weighted by atomic mass is 35.5. The highest BCUT2D eigenvalue weighted by Crippen LogP contribution is 2.43. The summed E-state index contributed by atoms with van der Waals surface area (Å²) in [6.45, 7) is 5.96. The third-order valence-electron chi connectivity index (χ3n) is 10.8. The van der Waals surface area contributed by atoms with Crippen molar-refractivity contribution in [3.05, 3.63) is 70.3 Å². The molecule has 244 valence electrons. The van der Waals surface area contributed by atoms with E-state index in [-0.39, 0.29) is 23.7 Å². The van der Waals surface area contributed by atoms with Crippen molar-refractivity contribution in [2.45, 2.75) is 88.9 Å². The van der Waals surface area contributed by atoms with E-state index in [1.54, 1.807) is 18.2 Å². The first kappa shape index (κ1) is 32.4. The van der Waals surface area contributed by atoms with Crippen molar-refractivity contribution in [2.24, 2.45) is 23.7 Å². The van der Waals surface area contributed by atoms with Gasteiger partial charge in [-0.3, -0.25) is 4.79 Å². The number of halogens is 1. The van der Waals surface area contributed by atoms with Gasteiger partial charge in [-0.1, -0.05) is 69.4 Å². The lowest BCUT2D eigenvalue weighted by Crippen LogP contribution is -2.44. The van der Waals surface area contributed by atoms with Gasteiger partial charge in [-0.05, 0) is 97.2 Å². The van der Waals surface area contributed by atoms with Crippen LogP contribution in [0, 0.1) is 23.7 Å². The molecule has 4 aliphatic rings. The van der Waals surface area contributed by atoms with Crippen molar-refractivity contribution in [2.75, 3.05) is 24.6 Å². The molecule has 1 amide bonds. The summed E-state index contributed by atoms with van der Waals surface area (Å²) in [6.07, 6.45) is 11.4. The van der Waals surface area contributed by atoms with E-state index in [1.807, 2.05) is 25.1 Å². The predicted molar refractivity (Wildman–Crippen MR) is 180 cm³/mol. The number of fused-ring (bicyclic) bond motifs is 2. The number of hydrogen-bond donors (Lipinski definition) is 2. The number of nitrogens with one attached hydrogen (secondary N) is 1. The van der Waals surface area contributed by atoms with Crippen LogP contribution in [0.1, 0.15) is 92.6 Å². The number of nitrogens with zero attached hydrogens (tertiary/aromatic N) is 1. The fourth-order valence-electron chi connectivity index (χ4n) is 7.72. The minimum Gasteiger partial charge on any atom is -0.491 e. The van der Waals surface area contributed by atoms with Gasteiger partial charge in [0.2, 0.25) is 10.0 Å². The summed E-state index contributed by atoms with van der Waals surface area (Å²) >= 11 is 6.40. The Bertz CT molecular complexity index is 1520. The van der Waals surface area contributed by atoms with Crippen LogP contribution in [0.5, 0.6) is 5.75 Å². The Kier molecular flexibility index (Phi) is 9.84. The van der Waals surface area contributed by atoms with E-state index in [9.17, 15) is 18.3 Å². The molecule has 6 rings (SSSR count). The Morgan fingerprint density at radius 1 is 1.09 bits per heavy atom. The number of hydrogen-bond acceptors (Lipinski definition) is 6. The van der Waals surface area contributed by atoms with Crippen LogP contribution in [0.2, 0.25) is 5.02 Å². The molecule has 6 atom stereocenters. The quantitative estimate of drug-likeness (QED) is 0.342. The molecule has 0 radical (unpaired) electrons. The highest BCUT2D eigenvalue weighted by molar-refractivity contribution is 7.90. The first-order valence-electron chi connectivity index (χ1n) is 16.8. The zero-order valence-electron chi connectivity index (χ0n) is 26.5. The topological polar surface area (TPSA) is 95.9 Å². The molecule has 2 bridgehead atoms. The number of carbonyl (C=O) groups is 1. The van der Waals surface area contributed by atoms with Crippen molar-refractivity contribution in [1.29, 1.82) is 0 Å². The molecular formula is C36H47ClN2O5S. The van der Waals surface area contributed by atoms with Crippen LogP contribution < -0.4 is 14.4 Å². The van der Waals surface area contributed by atoms with Crippen molar-refractivity contribution in [3.63, 3.8) is 0 Å². The Morgan fingerprint density at radius 2 is 1.91 bits per heavy atom. The van der Waals surface area contributed by atoms with Gasteiger partial charge in [-0.15, -0.1) is 0 Å². The molecular weight excluding hydrogens is 608 g/mol. The van der Waals surface area contributed by atoms with Crippen molar-refractivity contribution in [3.8, 4) is 5.75 Å². The average molecular weight is 655 g/mol. The number of aliphatic hydroxyl groups is 1. The van der Waals surface area contributed by atoms with E-state index in [0.29, 0.717) is 49.8 Å². The Morgan fingerprint density at radius 3 is 2.62 bits per heavy atom. The Balaban J connectivity index is 1.36. The molecule has 0 spiro atoms. The van der Waals surface area contributed by atoms with Gasteiger partial charge < -0.3 is 14.7 Å². The van der Waals surface area contributed by atoms with E-state index in [4.69, 9.17) is 16.3 Å². The summed E-state index contributed by atoms with van der Waals surface area (Å²) in [5, 5.41) is 11.3. The number of amides is 1. The van der Waals surface area contributed by atoms with Crippen LogP contribution in [-0.2, 0) is 16.4 Å². The number of carbonyl (C=O) groups excluding carboxylic acids is 1. The van der Waals surface area contributed by atoms with Crippen LogP contribution in [-0.4, -0.2) is 50.5 Å². The lowest BCUT2D eigenvalue weighted by molar-refractivity contribution is 0.0461. The van der Waals surface area contributed by atoms with Crippen LogP contribution in [0.3, 0.4) is 0 Å². The maximum absolute atomic E-state index is 13.8. The molecule has 2 aliphatic carbocycles. The summed E-state index contributed by atoms with van der Waals surface area (Å²) in [5.74, 6) is 0.724. The first-order valence-corrected chi connectivity index (χ1v) is 18.8. The zero-order chi connectivity index (χ0) is 31.7. The third kappa shape index (κ3) is 7.08. The molecule has 2 fully saturated rings. The largest absolute Gasteiger partial charge is 0.491 e. The fraction of sp³-hybridized carbons (Fsp3) is 0.583. The molecule has 45 heavy (non-hydrogen) atoms. The van der Waals surface area contributed by atoms with Gasteiger partial charge in [0, 0.05) is 29.6 Å². The van der Waals surface area contributed by atoms with Gasteiger partial charge in [0.05, 0.1) is 23.6 Å². The first-order chi connectivity index (χ1) is 21.6. The predicted octanol–water partition coefficient (Wildman–Crippen LogP) is 6.88. The number of aryl methyl sites for hydroxylation is 1. The van der Waals surface area contributed by atoms with E-state index in [2.05, 4.69) is 28.7 Å². The van der Waals surface area contributed by atoms with Crippen molar-refractivity contribution < 1.29 is 23.1 Å². The molecule has 2 heterocycles. The molecule has 7 nitrogen and oxygen atoms in total. The lowest BCUT2D eigenvalue weighted by atomic mass is 9.70. The van der Waals surface area contributed by atoms with Gasteiger partial charge in [0.1, 0.15) is 5.75 Å². The van der Waals surface area contributed by atoms with Crippen LogP contribution in [0.25, 0.3) is 0 Å². The highest BCUT2D eigenvalue weighted by Gasteiger charge is 2.39. The number of rotatable bonds is 5. The smallest absolute Gasteiger partial charge is 0.264 e. The lowest BCUT2D eigenvalue weighted by Gasteiger charge is -2.42. The van der Waals surface area contributed by atoms with Gasteiger partial charge in [0.15, 0.2) is 0 Å². The standard InChI is InChI=1S/C36H47ClN2O5S/c1-3-6-25-18-29(37)13-15-30(25)28-21-39-20-27-11-14-31(27)33(40)10-4-7-23(2)35(17-24-8-5-9-24)45(42,43)38-36(41)26-12-16-34(44-22-28)32(39)19-26/h4,10,12-13,15-16,18-19,23-24,27-28,31,33,35,40H,3,5-9,11,14,17,20-22H2,1-2H3,(H,38,41)/b10-4+. The van der Waals surface area contributed by atoms with Crippen molar-refractivity contribution >= 4 is 33.2 Å². The molecule has 2 aliphatic heterocycles. The summed E-state index contributed by atoms with van der Waals surface area (Å²) in [6, 6.07) is 11.4. The minimum atomic E-state index is -3.94. The fourth-order valence-corrected chi connectivity index (χ4v) is 9.69. The van der Waals surface area contributed by atoms with E-state index in [0.717, 1.165) is 55.7 Å². The number of aliphatic hydroxyl groups excluding tert-OH is 1. The van der Waals surface area contributed by atoms with E-state index < -0.39 is 27.3 Å². The van der Waals surface area contributed by atoms with Crippen LogP contribution >= 0.6 is 11.6 Å². The van der Waals surface area contributed by atoms with Crippen LogP contribution in [0.15, 0.2) is 48.6 Å². The number of allylic oxidation sites excluding steroid dienone is 1. The maximum Gasteiger partial charge on any atom is 0.264 e. The molecule has 2 aromatic rings. The van der Waals surface area contributed by atoms with Crippen molar-refractivity contribution in [1.82, 2.24) is 4.72 Å². The SMILES string of the molecule is CCCc1cc(Cl)ccc1C1COc2ccc3cc2N(C1)CC1CCC1C(O)/C=C/CC(C)C(CC1CCC1)S(=O)(=O)NC3=O. The molecule has 6 unspecified atom stereocenters. The number of sulfonamides is 1. The second kappa shape index (κ2) is 13.7. The summed E-state index contributed by atoms with van der Waals surface area (Å²) in [5.41, 5.74) is 3.52. The summed E-state index contributed by atoms with van der Waals surface area (Å²) < 4.78 is 36.4. The molecule has 9 heteroatoms. The summed E-state index contributed by atoms with van der Waals surface area (Å²) in [7, 11) is -3.94. The molecule has 2 N–H and O–H groups in total. The third-order valence-corrected chi connectivity index (χ3v) is 12.9. The monoisotopic (exact) mass is 654 g/mol. The molecule has 0 saturated heterocycles. The van der Waals surface area contributed by atoms with Gasteiger partial charge in [-0.2, -0.15) is 0 Å². The average Bonchev–Trinajstić information content (AvgIpc) is 3.13. The maximum atomic E-state index is 13.8. The molecule has 2 aromatic carbocycles. The van der Waals surface area contributed by atoms with Gasteiger partial charge in [0.25, 0.3) is 5.91 Å². The van der Waals surface area contributed by atoms with Gasteiger partial charge in [-0.25, -0.2) is 13.1 Å². The second-order valence-electron chi connectivity index (χ2n) is 13.9. The van der Waals surface area contributed by atoms with E-state index >= 15 is 0 Å². The second-order valence-corrected chi connectivity index (χ2v) is 16.2. The molecule has 0 aromatic heterocycles. The minimum absolute atomic E-state index is 0.0663. The number of ether oxygens (including phenoxy) is 1.